The molecule has 0 saturated carbocycles. The summed E-state index contributed by atoms with van der Waals surface area (Å²) in [6, 6.07) is 23.2. The number of carboxylic acids is 1. The van der Waals surface area contributed by atoms with E-state index in [0.29, 0.717) is 18.4 Å². The zero-order valence-corrected chi connectivity index (χ0v) is 25.9. The largest absolute Gasteiger partial charge is 1.00 e. The topological polar surface area (TPSA) is 161 Å². The van der Waals surface area contributed by atoms with Gasteiger partial charge in [-0.15, -0.1) is 0 Å². The van der Waals surface area contributed by atoms with E-state index in [9.17, 15) is 29.4 Å². The van der Waals surface area contributed by atoms with Gasteiger partial charge < -0.3 is 35.4 Å². The minimum Gasteiger partial charge on any atom is -0.545 e. The molecule has 4 N–H and O–H groups in total. The summed E-state index contributed by atoms with van der Waals surface area (Å²) in [7, 11) is 0. The molecule has 0 fully saturated rings. The molecule has 4 aromatic rings. The van der Waals surface area contributed by atoms with Crippen LogP contribution in [-0.2, 0) is 22.4 Å². The second kappa shape index (κ2) is 16.6. The summed E-state index contributed by atoms with van der Waals surface area (Å²) in [5, 5.41) is 30.1. The summed E-state index contributed by atoms with van der Waals surface area (Å²) in [4.78, 5) is 49.3. The summed E-state index contributed by atoms with van der Waals surface area (Å²) in [5.74, 6) is -2.68. The van der Waals surface area contributed by atoms with E-state index >= 15 is 0 Å². The maximum absolute atomic E-state index is 13.1. The van der Waals surface area contributed by atoms with Crippen LogP contribution in [0.4, 0.5) is 0 Å². The Labute approximate surface area is 271 Å². The summed E-state index contributed by atoms with van der Waals surface area (Å²) < 4.78 is 5.63. The van der Waals surface area contributed by atoms with Gasteiger partial charge in [0.25, 0.3) is 5.91 Å². The summed E-state index contributed by atoms with van der Waals surface area (Å²) >= 11 is 0. The number of furan rings is 1. The molecule has 4 rings (SSSR count). The molecule has 3 amide bonds. The quantitative estimate of drug-likeness (QED) is 0.105. The number of aliphatic hydroxyl groups excluding tert-OH is 1. The first-order chi connectivity index (χ1) is 20.3. The molecule has 0 saturated heterocycles. The van der Waals surface area contributed by atoms with Crippen molar-refractivity contribution in [3.05, 3.63) is 107 Å². The molecule has 3 aromatic carbocycles. The predicted octanol–water partition coefficient (Wildman–Crippen LogP) is -1.24. The first-order valence-corrected chi connectivity index (χ1v) is 13.7. The standard InChI is InChI=1S/C32H33N3O7.Na/c36-26(19-22-7-2-1-3-8-22)30(38)33-17-6-10-25(35-31(39)28-20-24-9-4-5-11-27(24)42-28)29(37)34-18-16-21-12-14-23(15-13-21)32(40)41;/h1-5,7-9,11-15,20,25-26,36H,6,10,16-19H2,(H,33,38)(H,34,37)(H,35,39)(H,40,41);/q;+1/p-1/t25-,26-;/m0./s1. The number of aromatic carboxylic acids is 1. The number of fused-ring (bicyclic) bond motifs is 1. The van der Waals surface area contributed by atoms with Crippen LogP contribution in [0.2, 0.25) is 0 Å². The van der Waals surface area contributed by atoms with Crippen LogP contribution >= 0.6 is 0 Å². The first-order valence-electron chi connectivity index (χ1n) is 13.7. The second-order valence-corrected chi connectivity index (χ2v) is 9.84. The van der Waals surface area contributed by atoms with Crippen molar-refractivity contribution in [1.82, 2.24) is 16.0 Å². The summed E-state index contributed by atoms with van der Waals surface area (Å²) in [5.41, 5.74) is 2.26. The molecule has 0 bridgehead atoms. The van der Waals surface area contributed by atoms with Crippen molar-refractivity contribution >= 4 is 34.7 Å². The van der Waals surface area contributed by atoms with Gasteiger partial charge in [0.2, 0.25) is 11.8 Å². The van der Waals surface area contributed by atoms with Gasteiger partial charge in [-0.25, -0.2) is 0 Å². The summed E-state index contributed by atoms with van der Waals surface area (Å²) in [6.45, 7) is 0.447. The van der Waals surface area contributed by atoms with Gasteiger partial charge in [-0.05, 0) is 48.1 Å². The van der Waals surface area contributed by atoms with Gasteiger partial charge in [-0.2, -0.15) is 0 Å². The van der Waals surface area contributed by atoms with E-state index in [0.717, 1.165) is 16.5 Å². The Morgan fingerprint density at radius 2 is 1.49 bits per heavy atom. The SMILES string of the molecule is O=C([O-])c1ccc(CCNC(=O)[C@H](CCCNC(=O)[C@@H](O)Cc2ccccc2)NC(=O)c2cc3ccccc3o2)cc1.[Na+]. The molecule has 0 aliphatic carbocycles. The predicted molar refractivity (Wildman–Crippen MR) is 153 cm³/mol. The number of amides is 3. The average Bonchev–Trinajstić information content (AvgIpc) is 3.44. The van der Waals surface area contributed by atoms with Gasteiger partial charge in [-0.3, -0.25) is 14.4 Å². The normalized spacial score (nSPS) is 12.0. The average molecular weight is 594 g/mol. The fourth-order valence-corrected chi connectivity index (χ4v) is 4.42. The van der Waals surface area contributed by atoms with Gasteiger partial charge in [0.1, 0.15) is 17.7 Å². The molecule has 43 heavy (non-hydrogen) atoms. The van der Waals surface area contributed by atoms with Gasteiger partial charge in [0, 0.05) is 24.9 Å². The maximum Gasteiger partial charge on any atom is 1.00 e. The molecule has 0 aliphatic heterocycles. The molecule has 0 unspecified atom stereocenters. The molecular weight excluding hydrogens is 561 g/mol. The van der Waals surface area contributed by atoms with Gasteiger partial charge in [0.05, 0.1) is 5.97 Å². The van der Waals surface area contributed by atoms with Crippen molar-refractivity contribution < 1.29 is 63.4 Å². The van der Waals surface area contributed by atoms with Crippen LogP contribution in [0, 0.1) is 0 Å². The van der Waals surface area contributed by atoms with Crippen molar-refractivity contribution in [2.24, 2.45) is 0 Å². The van der Waals surface area contributed by atoms with Crippen LogP contribution in [0.3, 0.4) is 0 Å². The number of aliphatic hydroxyl groups is 1. The van der Waals surface area contributed by atoms with E-state index in [1.165, 1.54) is 12.1 Å². The van der Waals surface area contributed by atoms with Gasteiger partial charge >= 0.3 is 29.6 Å². The van der Waals surface area contributed by atoms with Crippen molar-refractivity contribution in [3.8, 4) is 0 Å². The molecule has 0 radical (unpaired) electrons. The minimum atomic E-state index is -1.26. The van der Waals surface area contributed by atoms with Crippen molar-refractivity contribution in [2.45, 2.75) is 37.8 Å². The Bertz CT molecular complexity index is 1490. The van der Waals surface area contributed by atoms with Crippen LogP contribution in [0.1, 0.15) is 44.9 Å². The molecule has 218 valence electrons. The molecule has 1 heterocycles. The zero-order valence-electron chi connectivity index (χ0n) is 23.9. The van der Waals surface area contributed by atoms with Crippen LogP contribution in [0.25, 0.3) is 11.0 Å². The van der Waals surface area contributed by atoms with Crippen LogP contribution < -0.4 is 50.6 Å². The molecule has 11 heteroatoms. The smallest absolute Gasteiger partial charge is 0.545 e. The molecule has 0 aliphatic rings. The fourth-order valence-electron chi connectivity index (χ4n) is 4.42. The van der Waals surface area contributed by atoms with Crippen molar-refractivity contribution in [3.63, 3.8) is 0 Å². The van der Waals surface area contributed by atoms with Crippen LogP contribution in [0.5, 0.6) is 0 Å². The van der Waals surface area contributed by atoms with E-state index in [4.69, 9.17) is 4.42 Å². The Morgan fingerprint density at radius 3 is 2.19 bits per heavy atom. The molecule has 2 atom stereocenters. The number of carboxylic acid groups (broad SMARTS) is 1. The van der Waals surface area contributed by atoms with Crippen molar-refractivity contribution in [2.75, 3.05) is 13.1 Å². The Kier molecular flexibility index (Phi) is 13.0. The number of carbonyl (C=O) groups excluding carboxylic acids is 4. The van der Waals surface area contributed by atoms with Gasteiger partial charge in [-0.1, -0.05) is 72.8 Å². The monoisotopic (exact) mass is 593 g/mol. The van der Waals surface area contributed by atoms with E-state index in [2.05, 4.69) is 16.0 Å². The third-order valence-electron chi connectivity index (χ3n) is 6.72. The molecule has 1 aromatic heterocycles. The van der Waals surface area contributed by atoms with E-state index in [1.54, 1.807) is 30.3 Å². The number of hydrogen-bond donors (Lipinski definition) is 4. The Morgan fingerprint density at radius 1 is 0.814 bits per heavy atom. The molecular formula is C32H32N3NaO7. The maximum atomic E-state index is 13.1. The van der Waals surface area contributed by atoms with Crippen LogP contribution in [0.15, 0.2) is 89.3 Å². The number of benzene rings is 3. The fraction of sp³-hybridized carbons (Fsp3) is 0.250. The Balaban J connectivity index is 0.00000506. The minimum absolute atomic E-state index is 0. The van der Waals surface area contributed by atoms with Crippen LogP contribution in [-0.4, -0.2) is 54.0 Å². The van der Waals surface area contributed by atoms with Gasteiger partial charge in [0.15, 0.2) is 5.76 Å². The zero-order chi connectivity index (χ0) is 29.9. The van der Waals surface area contributed by atoms with E-state index in [-0.39, 0.29) is 66.8 Å². The van der Waals surface area contributed by atoms with E-state index < -0.39 is 35.8 Å². The molecule has 0 spiro atoms. The molecule has 10 nitrogen and oxygen atoms in total. The third-order valence-corrected chi connectivity index (χ3v) is 6.72. The van der Waals surface area contributed by atoms with E-state index in [1.807, 2.05) is 42.5 Å². The Hall–Kier alpha value is -3.96. The first kappa shape index (κ1) is 33.5. The number of para-hydroxylation sites is 1. The third kappa shape index (κ3) is 10.1. The van der Waals surface area contributed by atoms with Crippen molar-refractivity contribution in [1.29, 1.82) is 0 Å². The second-order valence-electron chi connectivity index (χ2n) is 9.84. The number of nitrogens with one attached hydrogen (secondary N) is 3. The number of rotatable bonds is 14. The summed E-state index contributed by atoms with van der Waals surface area (Å²) in [6.07, 6.45) is -0.0138. The number of hydrogen-bond acceptors (Lipinski definition) is 7. The number of carbonyl (C=O) groups is 4.